The van der Waals surface area contributed by atoms with Crippen LogP contribution in [0.25, 0.3) is 11.1 Å². The zero-order valence-electron chi connectivity index (χ0n) is 12.4. The Labute approximate surface area is 136 Å². The van der Waals surface area contributed by atoms with Crippen LogP contribution in [-0.4, -0.2) is 35.9 Å². The summed E-state index contributed by atoms with van der Waals surface area (Å²) in [4.78, 5) is 27.8. The molecule has 1 aromatic heterocycles. The van der Waals surface area contributed by atoms with Gasteiger partial charge in [-0.1, -0.05) is 23.9 Å². The number of carbonyl (C=O) groups excluding carboxylic acids is 2. The summed E-state index contributed by atoms with van der Waals surface area (Å²) in [7, 11) is 0. The smallest absolute Gasteiger partial charge is 0.337 e. The number of amides is 2. The Kier molecular flexibility index (Phi) is 4.52. The van der Waals surface area contributed by atoms with Crippen LogP contribution in [0.15, 0.2) is 45.2 Å². The molecule has 2 heterocycles. The van der Waals surface area contributed by atoms with Gasteiger partial charge in [0, 0.05) is 11.4 Å². The third-order valence-electron chi connectivity index (χ3n) is 3.19. The topological polar surface area (TPSA) is 93.5 Å². The summed E-state index contributed by atoms with van der Waals surface area (Å²) in [5.41, 5.74) is 2.39. The fourth-order valence-electron chi connectivity index (χ4n) is 2.12. The molecule has 0 atom stereocenters. The van der Waals surface area contributed by atoms with E-state index in [0.29, 0.717) is 27.8 Å². The van der Waals surface area contributed by atoms with Crippen molar-refractivity contribution >= 4 is 34.9 Å². The summed E-state index contributed by atoms with van der Waals surface area (Å²) in [6, 6.07) is 7.11. The van der Waals surface area contributed by atoms with Crippen LogP contribution in [0.5, 0.6) is 0 Å². The summed E-state index contributed by atoms with van der Waals surface area (Å²) in [5, 5.41) is 5.69. The molecule has 0 aliphatic carbocycles. The molecule has 1 aromatic carbocycles. The molecule has 7 nitrogen and oxygen atoms in total. The lowest BCUT2D eigenvalue weighted by atomic mass is 10.2. The number of oxazole rings is 1. The molecule has 2 amide bonds. The van der Waals surface area contributed by atoms with Crippen molar-refractivity contribution in [1.29, 1.82) is 0 Å². The zero-order chi connectivity index (χ0) is 16.2. The van der Waals surface area contributed by atoms with Gasteiger partial charge in [-0.2, -0.15) is 0 Å². The van der Waals surface area contributed by atoms with Crippen molar-refractivity contribution < 1.29 is 18.7 Å². The highest BCUT2D eigenvalue weighted by Crippen LogP contribution is 2.25. The average molecular weight is 333 g/mol. The molecule has 120 valence electrons. The minimum atomic E-state index is -0.437. The second-order valence-corrected chi connectivity index (χ2v) is 5.65. The fraction of sp³-hybridized carbons (Fsp3) is 0.267. The number of nitrogens with zero attached hydrogens (tertiary/aromatic N) is 1. The van der Waals surface area contributed by atoms with Crippen LogP contribution < -0.4 is 10.6 Å². The predicted octanol–water partition coefficient (Wildman–Crippen LogP) is 2.05. The van der Waals surface area contributed by atoms with E-state index < -0.39 is 5.97 Å². The summed E-state index contributed by atoms with van der Waals surface area (Å²) in [6.45, 7) is 2.16. The van der Waals surface area contributed by atoms with Crippen molar-refractivity contribution in [2.45, 2.75) is 12.1 Å². The first-order chi connectivity index (χ1) is 11.2. The van der Waals surface area contributed by atoms with Gasteiger partial charge in [0.15, 0.2) is 5.58 Å². The second-order valence-electron chi connectivity index (χ2n) is 4.72. The number of hydrogen-bond acceptors (Lipinski definition) is 6. The van der Waals surface area contributed by atoms with Gasteiger partial charge in [-0.25, -0.2) is 14.6 Å². The normalized spacial score (nSPS) is 14.6. The number of rotatable bonds is 5. The first kappa shape index (κ1) is 15.4. The highest BCUT2D eigenvalue weighted by molar-refractivity contribution is 7.99. The number of esters is 1. The number of ether oxygens (including phenoxy) is 1. The van der Waals surface area contributed by atoms with Crippen LogP contribution in [0.4, 0.5) is 4.79 Å². The monoisotopic (exact) mass is 333 g/mol. The summed E-state index contributed by atoms with van der Waals surface area (Å²) < 4.78 is 10.6. The highest BCUT2D eigenvalue weighted by atomic mass is 32.2. The van der Waals surface area contributed by atoms with Crippen molar-refractivity contribution in [3.05, 3.63) is 35.5 Å². The number of thioether (sulfide) groups is 1. The van der Waals surface area contributed by atoms with Crippen molar-refractivity contribution in [2.75, 3.05) is 18.9 Å². The number of urea groups is 1. The van der Waals surface area contributed by atoms with Gasteiger partial charge in [0.05, 0.1) is 18.7 Å². The summed E-state index contributed by atoms with van der Waals surface area (Å²) in [6.07, 6.45) is 0. The van der Waals surface area contributed by atoms with Gasteiger partial charge in [-0.05, 0) is 19.1 Å². The molecule has 0 saturated carbocycles. The lowest BCUT2D eigenvalue weighted by Crippen LogP contribution is -2.44. The lowest BCUT2D eigenvalue weighted by Gasteiger charge is -2.20. The van der Waals surface area contributed by atoms with E-state index in [9.17, 15) is 9.59 Å². The van der Waals surface area contributed by atoms with Gasteiger partial charge >= 0.3 is 12.0 Å². The molecule has 0 saturated heterocycles. The van der Waals surface area contributed by atoms with E-state index in [1.165, 1.54) is 11.8 Å². The Morgan fingerprint density at radius 2 is 2.26 bits per heavy atom. The van der Waals surface area contributed by atoms with E-state index in [1.54, 1.807) is 6.92 Å². The number of aromatic nitrogens is 1. The largest absolute Gasteiger partial charge is 0.463 e. The maximum Gasteiger partial charge on any atom is 0.337 e. The third-order valence-corrected chi connectivity index (χ3v) is 4.05. The van der Waals surface area contributed by atoms with Crippen molar-refractivity contribution in [3.63, 3.8) is 0 Å². The Morgan fingerprint density at radius 3 is 3.04 bits per heavy atom. The number of fused-ring (bicyclic) bond motifs is 1. The average Bonchev–Trinajstić information content (AvgIpc) is 2.96. The molecular weight excluding hydrogens is 318 g/mol. The standard InChI is InChI=1S/C15H15N3O4S/c1-2-21-13(19)9-7-16-14(20)17-11(9)8-23-15-18-10-5-3-4-6-12(10)22-15/h3-6H,2,7-8H2,1H3,(H2,16,17,20). The third kappa shape index (κ3) is 3.48. The van der Waals surface area contributed by atoms with E-state index in [4.69, 9.17) is 9.15 Å². The first-order valence-corrected chi connectivity index (χ1v) is 8.08. The highest BCUT2D eigenvalue weighted by Gasteiger charge is 2.24. The van der Waals surface area contributed by atoms with E-state index in [-0.39, 0.29) is 19.2 Å². The lowest BCUT2D eigenvalue weighted by molar-refractivity contribution is -0.138. The van der Waals surface area contributed by atoms with Crippen LogP contribution in [0.3, 0.4) is 0 Å². The van der Waals surface area contributed by atoms with Gasteiger partial charge in [0.1, 0.15) is 5.52 Å². The molecule has 1 aliphatic rings. The fourth-order valence-corrected chi connectivity index (χ4v) is 2.94. The van der Waals surface area contributed by atoms with Gasteiger partial charge in [-0.15, -0.1) is 0 Å². The Hall–Kier alpha value is -2.48. The SMILES string of the molecule is CCOC(=O)C1=C(CSc2nc3ccccc3o2)NC(=O)NC1. The molecule has 1 aliphatic heterocycles. The molecule has 8 heteroatoms. The molecular formula is C15H15N3O4S. The molecule has 23 heavy (non-hydrogen) atoms. The maximum absolute atomic E-state index is 11.9. The predicted molar refractivity (Wildman–Crippen MR) is 84.9 cm³/mol. The Bertz CT molecular complexity index is 751. The zero-order valence-corrected chi connectivity index (χ0v) is 13.2. The number of nitrogens with one attached hydrogen (secondary N) is 2. The number of benzene rings is 1. The van der Waals surface area contributed by atoms with E-state index in [1.807, 2.05) is 24.3 Å². The van der Waals surface area contributed by atoms with Gasteiger partial charge in [-0.3, -0.25) is 0 Å². The van der Waals surface area contributed by atoms with Gasteiger partial charge < -0.3 is 19.8 Å². The van der Waals surface area contributed by atoms with Crippen LogP contribution >= 0.6 is 11.8 Å². The quantitative estimate of drug-likeness (QED) is 0.642. The van der Waals surface area contributed by atoms with Gasteiger partial charge in [0.25, 0.3) is 5.22 Å². The van der Waals surface area contributed by atoms with Crippen LogP contribution in [0, 0.1) is 0 Å². The summed E-state index contributed by atoms with van der Waals surface area (Å²) >= 11 is 1.31. The first-order valence-electron chi connectivity index (χ1n) is 7.09. The van der Waals surface area contributed by atoms with Crippen LogP contribution in [-0.2, 0) is 9.53 Å². The Morgan fingerprint density at radius 1 is 1.43 bits per heavy atom. The van der Waals surface area contributed by atoms with Crippen molar-refractivity contribution in [2.24, 2.45) is 0 Å². The minimum absolute atomic E-state index is 0.147. The second kappa shape index (κ2) is 6.74. The molecule has 2 aromatic rings. The van der Waals surface area contributed by atoms with Crippen LogP contribution in [0.1, 0.15) is 6.92 Å². The molecule has 0 fully saturated rings. The van der Waals surface area contributed by atoms with Crippen LogP contribution in [0.2, 0.25) is 0 Å². The number of carbonyl (C=O) groups is 2. The van der Waals surface area contributed by atoms with E-state index in [0.717, 1.165) is 5.52 Å². The molecule has 2 N–H and O–H groups in total. The van der Waals surface area contributed by atoms with E-state index >= 15 is 0 Å². The van der Waals surface area contributed by atoms with E-state index in [2.05, 4.69) is 15.6 Å². The molecule has 0 spiro atoms. The minimum Gasteiger partial charge on any atom is -0.463 e. The number of para-hydroxylation sites is 2. The number of hydrogen-bond donors (Lipinski definition) is 2. The maximum atomic E-state index is 11.9. The molecule has 0 radical (unpaired) electrons. The van der Waals surface area contributed by atoms with Crippen molar-refractivity contribution in [1.82, 2.24) is 15.6 Å². The molecule has 3 rings (SSSR count). The molecule has 0 unspecified atom stereocenters. The van der Waals surface area contributed by atoms with Crippen molar-refractivity contribution in [3.8, 4) is 0 Å². The Balaban J connectivity index is 1.77. The van der Waals surface area contributed by atoms with Gasteiger partial charge in [0.2, 0.25) is 0 Å². The summed E-state index contributed by atoms with van der Waals surface area (Å²) in [5.74, 6) is -0.0813. The molecule has 0 bridgehead atoms.